The van der Waals surface area contributed by atoms with Crippen molar-refractivity contribution in [2.75, 3.05) is 37.2 Å². The number of hydrogen-bond donors (Lipinski definition) is 2. The van der Waals surface area contributed by atoms with Gasteiger partial charge in [0.15, 0.2) is 6.29 Å². The number of fused-ring (bicyclic) bond motifs is 3. The van der Waals surface area contributed by atoms with Gasteiger partial charge in [0.1, 0.15) is 11.6 Å². The molecule has 0 spiro atoms. The van der Waals surface area contributed by atoms with Crippen molar-refractivity contribution in [3.63, 3.8) is 0 Å². The van der Waals surface area contributed by atoms with Gasteiger partial charge < -0.3 is 20.1 Å². The van der Waals surface area contributed by atoms with Crippen LogP contribution in [0.15, 0.2) is 41.5 Å². The number of phenolic OH excluding ortho intramolecular Hbond substituents is 1. The summed E-state index contributed by atoms with van der Waals surface area (Å²) in [6.07, 6.45) is 5.66. The number of hydrazone groups is 1. The molecule has 0 radical (unpaired) electrons. The summed E-state index contributed by atoms with van der Waals surface area (Å²) >= 11 is 0. The number of ether oxygens (including phenoxy) is 1. The van der Waals surface area contributed by atoms with E-state index < -0.39 is 0 Å². The SMILES string of the molecule is CCc1cccc2cc(O)cc(N(C)/N=C\c3c(C=O)cc(OC)nc3N3CC4CCC(C3)N4)c12. The second kappa shape index (κ2) is 9.54. The molecule has 2 aliphatic heterocycles. The van der Waals surface area contributed by atoms with E-state index in [9.17, 15) is 9.90 Å². The largest absolute Gasteiger partial charge is 0.508 e. The minimum Gasteiger partial charge on any atom is -0.508 e. The third kappa shape index (κ3) is 4.41. The molecule has 2 atom stereocenters. The van der Waals surface area contributed by atoms with Gasteiger partial charge in [-0.25, -0.2) is 0 Å². The van der Waals surface area contributed by atoms with E-state index in [1.807, 2.05) is 19.2 Å². The second-order valence-electron chi connectivity index (χ2n) is 9.25. The number of nitrogens with one attached hydrogen (secondary N) is 1. The van der Waals surface area contributed by atoms with E-state index in [-0.39, 0.29) is 5.75 Å². The van der Waals surface area contributed by atoms with Crippen LogP contribution in [0.4, 0.5) is 11.5 Å². The molecule has 0 aliphatic carbocycles. The zero-order chi connectivity index (χ0) is 24.5. The Morgan fingerprint density at radius 1 is 1.26 bits per heavy atom. The molecule has 2 aliphatic rings. The van der Waals surface area contributed by atoms with Crippen molar-refractivity contribution in [3.05, 3.63) is 53.1 Å². The third-order valence-corrected chi connectivity index (χ3v) is 7.02. The van der Waals surface area contributed by atoms with Crippen LogP contribution < -0.4 is 20.0 Å². The number of benzene rings is 2. The van der Waals surface area contributed by atoms with Crippen LogP contribution in [0.2, 0.25) is 0 Å². The standard InChI is InChI=1S/C27H31N5O3/c1-4-17-6-5-7-18-10-22(34)12-24(26(17)18)31(2)28-13-23-19(16-33)11-25(35-3)30-27(23)32-14-20-8-9-21(15-32)29-20/h5-7,10-13,16,20-21,29,34H,4,8-9,14-15H2,1-3H3/b28-13-. The molecule has 2 saturated heterocycles. The first-order valence-corrected chi connectivity index (χ1v) is 12.1. The van der Waals surface area contributed by atoms with E-state index in [0.29, 0.717) is 34.9 Å². The number of pyridine rings is 1. The van der Waals surface area contributed by atoms with Gasteiger partial charge >= 0.3 is 0 Å². The second-order valence-corrected chi connectivity index (χ2v) is 9.25. The Balaban J connectivity index is 1.57. The number of hydrogen-bond acceptors (Lipinski definition) is 8. The van der Waals surface area contributed by atoms with Crippen molar-refractivity contribution in [1.82, 2.24) is 10.3 Å². The Labute approximate surface area is 205 Å². The topological polar surface area (TPSA) is 90.3 Å². The number of carbonyl (C=O) groups is 1. The first-order valence-electron chi connectivity index (χ1n) is 12.1. The van der Waals surface area contributed by atoms with Crippen molar-refractivity contribution in [2.24, 2.45) is 5.10 Å². The highest BCUT2D eigenvalue weighted by Crippen LogP contribution is 2.34. The molecule has 8 heteroatoms. The van der Waals surface area contributed by atoms with Crippen molar-refractivity contribution < 1.29 is 14.6 Å². The number of piperazine rings is 1. The fraction of sp³-hybridized carbons (Fsp3) is 0.370. The number of carbonyl (C=O) groups excluding carboxylic acids is 1. The van der Waals surface area contributed by atoms with Crippen LogP contribution in [0, 0.1) is 0 Å². The fourth-order valence-electron chi connectivity index (χ4n) is 5.30. The Morgan fingerprint density at radius 2 is 2.03 bits per heavy atom. The molecule has 0 amide bonds. The van der Waals surface area contributed by atoms with E-state index in [0.717, 1.165) is 55.1 Å². The Bertz CT molecular complexity index is 1280. The number of nitrogens with zero attached hydrogens (tertiary/aromatic N) is 4. The van der Waals surface area contributed by atoms with Gasteiger partial charge in [-0.2, -0.15) is 10.1 Å². The summed E-state index contributed by atoms with van der Waals surface area (Å²) < 4.78 is 5.40. The number of rotatable bonds is 7. The van der Waals surface area contributed by atoms with Crippen LogP contribution >= 0.6 is 0 Å². The van der Waals surface area contributed by atoms with Crippen molar-refractivity contribution in [3.8, 4) is 11.6 Å². The predicted molar refractivity (Wildman–Crippen MR) is 139 cm³/mol. The summed E-state index contributed by atoms with van der Waals surface area (Å²) in [7, 11) is 3.40. The first kappa shape index (κ1) is 23.1. The monoisotopic (exact) mass is 473 g/mol. The Morgan fingerprint density at radius 3 is 2.71 bits per heavy atom. The number of aldehydes is 1. The van der Waals surface area contributed by atoms with E-state index >= 15 is 0 Å². The molecular formula is C27H31N5O3. The lowest BCUT2D eigenvalue weighted by molar-refractivity contribution is 0.112. The Hall–Kier alpha value is -3.65. The third-order valence-electron chi connectivity index (χ3n) is 7.02. The highest BCUT2D eigenvalue weighted by atomic mass is 16.5. The lowest BCUT2D eigenvalue weighted by Gasteiger charge is -2.34. The number of aromatic nitrogens is 1. The van der Waals surface area contributed by atoms with Gasteiger partial charge in [-0.15, -0.1) is 0 Å². The molecule has 8 nitrogen and oxygen atoms in total. The maximum atomic E-state index is 12.1. The summed E-state index contributed by atoms with van der Waals surface area (Å²) in [6, 6.07) is 12.1. The molecule has 2 fully saturated rings. The summed E-state index contributed by atoms with van der Waals surface area (Å²) in [5.41, 5.74) is 3.11. The highest BCUT2D eigenvalue weighted by molar-refractivity contribution is 6.00. The maximum absolute atomic E-state index is 12.1. The van der Waals surface area contributed by atoms with Crippen molar-refractivity contribution >= 4 is 34.8 Å². The van der Waals surface area contributed by atoms with Gasteiger partial charge in [0.2, 0.25) is 5.88 Å². The smallest absolute Gasteiger partial charge is 0.215 e. The minimum atomic E-state index is 0.180. The van der Waals surface area contributed by atoms with E-state index in [2.05, 4.69) is 23.2 Å². The fourth-order valence-corrected chi connectivity index (χ4v) is 5.30. The summed E-state index contributed by atoms with van der Waals surface area (Å²) in [4.78, 5) is 19.0. The average Bonchev–Trinajstić information content (AvgIpc) is 3.22. The van der Waals surface area contributed by atoms with Crippen LogP contribution in [0.3, 0.4) is 0 Å². The quantitative estimate of drug-likeness (QED) is 0.307. The van der Waals surface area contributed by atoms with Crippen LogP contribution in [0.1, 0.15) is 41.3 Å². The van der Waals surface area contributed by atoms with Gasteiger partial charge in [0, 0.05) is 60.9 Å². The number of phenols is 1. The van der Waals surface area contributed by atoms with Gasteiger partial charge in [0.05, 0.1) is 19.0 Å². The molecule has 3 heterocycles. The molecule has 3 aromatic rings. The summed E-state index contributed by atoms with van der Waals surface area (Å²) in [5, 5.41) is 22.5. The molecule has 35 heavy (non-hydrogen) atoms. The van der Waals surface area contributed by atoms with Crippen LogP contribution in [-0.2, 0) is 6.42 Å². The van der Waals surface area contributed by atoms with Gasteiger partial charge in [-0.05, 0) is 36.3 Å². The summed E-state index contributed by atoms with van der Waals surface area (Å²) in [6.45, 7) is 3.76. The van der Waals surface area contributed by atoms with Gasteiger partial charge in [-0.1, -0.05) is 25.1 Å². The molecule has 182 valence electrons. The zero-order valence-electron chi connectivity index (χ0n) is 20.4. The Kier molecular flexibility index (Phi) is 6.30. The number of anilines is 2. The molecule has 0 saturated carbocycles. The molecule has 2 bridgehead atoms. The predicted octanol–water partition coefficient (Wildman–Crippen LogP) is 3.73. The molecule has 2 unspecified atom stereocenters. The molecular weight excluding hydrogens is 442 g/mol. The van der Waals surface area contributed by atoms with Crippen LogP contribution in [0.25, 0.3) is 10.8 Å². The van der Waals surface area contributed by atoms with E-state index in [4.69, 9.17) is 14.8 Å². The molecule has 2 aromatic carbocycles. The van der Waals surface area contributed by atoms with Crippen molar-refractivity contribution in [2.45, 2.75) is 38.3 Å². The zero-order valence-corrected chi connectivity index (χ0v) is 20.4. The van der Waals surface area contributed by atoms with Gasteiger partial charge in [-0.3, -0.25) is 9.80 Å². The van der Waals surface area contributed by atoms with E-state index in [1.165, 1.54) is 5.56 Å². The lowest BCUT2D eigenvalue weighted by Crippen LogP contribution is -2.51. The van der Waals surface area contributed by atoms with E-state index in [1.54, 1.807) is 36.5 Å². The highest BCUT2D eigenvalue weighted by Gasteiger charge is 2.34. The number of aryl methyl sites for hydroxylation is 1. The van der Waals surface area contributed by atoms with Crippen LogP contribution in [-0.4, -0.2) is 61.9 Å². The maximum Gasteiger partial charge on any atom is 0.215 e. The summed E-state index contributed by atoms with van der Waals surface area (Å²) in [5.74, 6) is 1.29. The number of aromatic hydroxyl groups is 1. The minimum absolute atomic E-state index is 0.180. The molecule has 5 rings (SSSR count). The van der Waals surface area contributed by atoms with Crippen molar-refractivity contribution in [1.29, 1.82) is 0 Å². The van der Waals surface area contributed by atoms with Crippen LogP contribution in [0.5, 0.6) is 11.6 Å². The first-order chi connectivity index (χ1) is 17.0. The normalized spacial score (nSPS) is 19.5. The molecule has 2 N–H and O–H groups in total. The molecule has 1 aromatic heterocycles. The van der Waals surface area contributed by atoms with Gasteiger partial charge in [0.25, 0.3) is 0 Å². The number of methoxy groups -OCH3 is 1. The average molecular weight is 474 g/mol. The lowest BCUT2D eigenvalue weighted by atomic mass is 10.0.